The smallest absolute Gasteiger partial charge is 0.303 e. The number of nitrogens with zero attached hydrogens (tertiary/aromatic N) is 3. The number of hydrogen-bond donors (Lipinski definition) is 4. The minimum absolute atomic E-state index is 0.0861. The van der Waals surface area contributed by atoms with Crippen LogP contribution in [-0.4, -0.2) is 54.7 Å². The number of ether oxygens (including phenoxy) is 2. The number of hydrogen-bond acceptors (Lipinski definition) is 10. The van der Waals surface area contributed by atoms with Gasteiger partial charge in [0.1, 0.15) is 28.8 Å². The minimum atomic E-state index is -0.814. The van der Waals surface area contributed by atoms with Crippen molar-refractivity contribution in [2.45, 2.75) is 44.9 Å². The Hall–Kier alpha value is -5.16. The highest BCUT2D eigenvalue weighted by Crippen LogP contribution is 2.35. The molecule has 0 spiro atoms. The van der Waals surface area contributed by atoms with Crippen LogP contribution < -0.4 is 9.47 Å². The zero-order valence-corrected chi connectivity index (χ0v) is 24.2. The van der Waals surface area contributed by atoms with E-state index in [1.165, 1.54) is 12.1 Å². The van der Waals surface area contributed by atoms with Crippen LogP contribution in [0.25, 0.3) is 34.2 Å². The molecule has 0 radical (unpaired) electrons. The number of phenols is 2. The van der Waals surface area contributed by atoms with Crippen LogP contribution in [0.3, 0.4) is 0 Å². The molecule has 0 fully saturated rings. The number of benzene rings is 3. The molecule has 0 amide bonds. The first-order valence-electron chi connectivity index (χ1n) is 14.3. The Bertz CT molecular complexity index is 1560. The lowest BCUT2D eigenvalue weighted by atomic mass is 10.1. The summed E-state index contributed by atoms with van der Waals surface area (Å²) >= 11 is 0. The highest BCUT2D eigenvalue weighted by Gasteiger charge is 2.17. The van der Waals surface area contributed by atoms with Crippen molar-refractivity contribution in [1.82, 2.24) is 15.0 Å². The molecule has 0 unspecified atom stereocenters. The molecule has 4 aromatic rings. The third-order valence-corrected chi connectivity index (χ3v) is 6.64. The van der Waals surface area contributed by atoms with Gasteiger partial charge < -0.3 is 29.7 Å². The van der Waals surface area contributed by atoms with Gasteiger partial charge in [0, 0.05) is 30.5 Å². The molecule has 11 heteroatoms. The van der Waals surface area contributed by atoms with Gasteiger partial charge in [-0.25, -0.2) is 20.2 Å². The molecule has 3 aromatic carbocycles. The van der Waals surface area contributed by atoms with Crippen LogP contribution >= 0.6 is 0 Å². The number of allylic oxidation sites excluding steroid dienone is 1. The lowest BCUT2D eigenvalue weighted by molar-refractivity contribution is -0.205. The van der Waals surface area contributed by atoms with Crippen LogP contribution in [-0.2, 0) is 9.68 Å². The Morgan fingerprint density at radius 1 is 0.682 bits per heavy atom. The van der Waals surface area contributed by atoms with Gasteiger partial charge in [-0.3, -0.25) is 4.79 Å². The number of carboxylic acids is 1. The fourth-order valence-electron chi connectivity index (χ4n) is 4.32. The van der Waals surface area contributed by atoms with E-state index in [-0.39, 0.29) is 35.3 Å². The summed E-state index contributed by atoms with van der Waals surface area (Å²) in [6.07, 6.45) is 4.05. The van der Waals surface area contributed by atoms with Crippen molar-refractivity contribution in [1.29, 1.82) is 0 Å². The second kappa shape index (κ2) is 15.9. The van der Waals surface area contributed by atoms with Gasteiger partial charge in [0.2, 0.25) is 0 Å². The molecule has 11 nitrogen and oxygen atoms in total. The Morgan fingerprint density at radius 3 is 1.73 bits per heavy atom. The number of phenolic OH excluding ortho intramolecular Hbond substituents is 2. The van der Waals surface area contributed by atoms with Crippen molar-refractivity contribution in [3.05, 3.63) is 79.1 Å². The molecule has 0 saturated heterocycles. The second-order valence-electron chi connectivity index (χ2n) is 10.0. The normalized spacial score (nSPS) is 10.8. The van der Waals surface area contributed by atoms with E-state index in [0.717, 1.165) is 12.0 Å². The molecule has 4 rings (SSSR count). The van der Waals surface area contributed by atoms with Crippen molar-refractivity contribution < 1.29 is 39.7 Å². The number of aromatic nitrogens is 3. The summed E-state index contributed by atoms with van der Waals surface area (Å²) in [5.41, 5.74) is 1.44. The number of carboxylic acid groups (broad SMARTS) is 1. The summed E-state index contributed by atoms with van der Waals surface area (Å²) in [7, 11) is 0. The Balaban J connectivity index is 1.53. The SMILES string of the molecule is C=C(CCCCOc1ccc(-c2nc(-c3ccccc3)nc(-c3ccc(OCCCCCC(=O)O)cc3O)n2)c(O)c1)OO. The van der Waals surface area contributed by atoms with Crippen LogP contribution in [0, 0.1) is 0 Å². The molecule has 44 heavy (non-hydrogen) atoms. The van der Waals surface area contributed by atoms with E-state index >= 15 is 0 Å². The van der Waals surface area contributed by atoms with E-state index < -0.39 is 5.97 Å². The van der Waals surface area contributed by atoms with Crippen LogP contribution in [0.1, 0.15) is 44.9 Å². The van der Waals surface area contributed by atoms with Crippen molar-refractivity contribution in [2.75, 3.05) is 13.2 Å². The second-order valence-corrected chi connectivity index (χ2v) is 10.0. The first-order chi connectivity index (χ1) is 21.3. The van der Waals surface area contributed by atoms with Gasteiger partial charge in [-0.15, -0.1) is 0 Å². The molecule has 4 N–H and O–H groups in total. The highest BCUT2D eigenvalue weighted by atomic mass is 17.1. The number of carbonyl (C=O) groups is 1. The number of unbranched alkanes of at least 4 members (excludes halogenated alkanes) is 3. The molecule has 1 aromatic heterocycles. The summed E-state index contributed by atoms with van der Waals surface area (Å²) < 4.78 is 11.5. The third kappa shape index (κ3) is 9.17. The Kier molecular flexibility index (Phi) is 11.5. The van der Waals surface area contributed by atoms with E-state index in [4.69, 9.17) is 19.8 Å². The third-order valence-electron chi connectivity index (χ3n) is 6.64. The maximum Gasteiger partial charge on any atom is 0.303 e. The Morgan fingerprint density at radius 2 is 1.20 bits per heavy atom. The van der Waals surface area contributed by atoms with Crippen molar-refractivity contribution in [3.8, 4) is 57.2 Å². The van der Waals surface area contributed by atoms with Gasteiger partial charge in [-0.1, -0.05) is 36.9 Å². The monoisotopic (exact) mass is 601 g/mol. The molecule has 0 aliphatic rings. The summed E-state index contributed by atoms with van der Waals surface area (Å²) in [4.78, 5) is 28.6. The van der Waals surface area contributed by atoms with Gasteiger partial charge in [-0.05, 0) is 56.4 Å². The zero-order valence-electron chi connectivity index (χ0n) is 24.2. The van der Waals surface area contributed by atoms with Crippen LogP contribution in [0.4, 0.5) is 0 Å². The van der Waals surface area contributed by atoms with Crippen LogP contribution in [0.5, 0.6) is 23.0 Å². The number of aliphatic carboxylic acids is 1. The molecule has 0 bridgehead atoms. The lowest BCUT2D eigenvalue weighted by Crippen LogP contribution is -2.02. The van der Waals surface area contributed by atoms with Crippen molar-refractivity contribution in [3.63, 3.8) is 0 Å². The standard InChI is InChI=1S/C33H35N3O8/c1-22(44-41)10-7-9-19-43-25-15-17-27(29(38)21-25)33-35-31(23-11-4-2-5-12-23)34-32(36-33)26-16-14-24(20-28(26)37)42-18-8-3-6-13-30(39)40/h2,4-5,11-12,14-17,20-21,37-38,41H,1,3,6-10,13,18-19H2,(H,39,40). The molecular formula is C33H35N3O8. The average Bonchev–Trinajstić information content (AvgIpc) is 3.02. The van der Waals surface area contributed by atoms with E-state index in [0.29, 0.717) is 73.8 Å². The van der Waals surface area contributed by atoms with Gasteiger partial charge in [-0.2, -0.15) is 0 Å². The van der Waals surface area contributed by atoms with Gasteiger partial charge >= 0.3 is 5.97 Å². The van der Waals surface area contributed by atoms with Gasteiger partial charge in [0.15, 0.2) is 17.5 Å². The van der Waals surface area contributed by atoms with E-state index in [9.17, 15) is 15.0 Å². The molecule has 0 atom stereocenters. The summed E-state index contributed by atoms with van der Waals surface area (Å²) in [6.45, 7) is 4.35. The van der Waals surface area contributed by atoms with Crippen LogP contribution in [0.2, 0.25) is 0 Å². The zero-order chi connectivity index (χ0) is 31.3. The molecule has 0 aliphatic heterocycles. The molecular weight excluding hydrogens is 566 g/mol. The topological polar surface area (TPSA) is 164 Å². The highest BCUT2D eigenvalue weighted by molar-refractivity contribution is 5.72. The van der Waals surface area contributed by atoms with E-state index in [1.54, 1.807) is 24.3 Å². The number of aromatic hydroxyl groups is 2. The number of rotatable bonds is 17. The summed E-state index contributed by atoms with van der Waals surface area (Å²) in [6, 6.07) is 19.0. The quantitative estimate of drug-likeness (QED) is 0.0432. The predicted octanol–water partition coefficient (Wildman–Crippen LogP) is 6.86. The average molecular weight is 602 g/mol. The largest absolute Gasteiger partial charge is 0.507 e. The van der Waals surface area contributed by atoms with E-state index in [1.807, 2.05) is 30.3 Å². The van der Waals surface area contributed by atoms with Crippen molar-refractivity contribution >= 4 is 5.97 Å². The molecule has 1 heterocycles. The maximum atomic E-state index is 10.9. The maximum absolute atomic E-state index is 10.9. The summed E-state index contributed by atoms with van der Waals surface area (Å²) in [5, 5.41) is 39.1. The summed E-state index contributed by atoms with van der Waals surface area (Å²) in [5.74, 6) is 1.01. The molecule has 0 saturated carbocycles. The van der Waals surface area contributed by atoms with E-state index in [2.05, 4.69) is 26.4 Å². The van der Waals surface area contributed by atoms with Gasteiger partial charge in [0.05, 0.1) is 24.3 Å². The molecule has 230 valence electrons. The Labute approximate surface area is 255 Å². The fourth-order valence-corrected chi connectivity index (χ4v) is 4.32. The lowest BCUT2D eigenvalue weighted by Gasteiger charge is -2.12. The predicted molar refractivity (Wildman–Crippen MR) is 163 cm³/mol. The van der Waals surface area contributed by atoms with Crippen LogP contribution in [0.15, 0.2) is 79.1 Å². The first-order valence-corrected chi connectivity index (χ1v) is 14.3. The van der Waals surface area contributed by atoms with Gasteiger partial charge in [0.25, 0.3) is 0 Å². The fraction of sp³-hybridized carbons (Fsp3) is 0.273. The minimum Gasteiger partial charge on any atom is -0.507 e. The molecule has 0 aliphatic carbocycles. The first kappa shape index (κ1) is 31.8. The van der Waals surface area contributed by atoms with Crippen molar-refractivity contribution in [2.24, 2.45) is 0 Å².